The van der Waals surface area contributed by atoms with Crippen molar-refractivity contribution < 1.29 is 0 Å². The zero-order valence-corrected chi connectivity index (χ0v) is 12.6. The maximum absolute atomic E-state index is 3.98. The molecule has 0 unspecified atom stereocenters. The first-order valence-corrected chi connectivity index (χ1v) is 7.59. The molecule has 21 heavy (non-hydrogen) atoms. The molecule has 0 atom stereocenters. The molecule has 2 aromatic rings. The van der Waals surface area contributed by atoms with E-state index in [0.717, 1.165) is 25.1 Å². The van der Waals surface area contributed by atoms with E-state index >= 15 is 0 Å². The third-order valence-corrected chi connectivity index (χ3v) is 4.05. The van der Waals surface area contributed by atoms with Crippen molar-refractivity contribution in [1.82, 2.24) is 0 Å². The van der Waals surface area contributed by atoms with Crippen molar-refractivity contribution in [2.24, 2.45) is 0 Å². The number of hydrogen-bond acceptors (Lipinski definition) is 2. The van der Waals surface area contributed by atoms with Crippen LogP contribution in [0.2, 0.25) is 0 Å². The predicted molar refractivity (Wildman–Crippen MR) is 92.0 cm³/mol. The Balaban J connectivity index is 0.000000131. The van der Waals surface area contributed by atoms with Gasteiger partial charge in [0.05, 0.1) is 0 Å². The summed E-state index contributed by atoms with van der Waals surface area (Å²) < 4.78 is 0. The Kier molecular flexibility index (Phi) is 3.96. The highest BCUT2D eigenvalue weighted by molar-refractivity contribution is 5.72. The van der Waals surface area contributed by atoms with Gasteiger partial charge in [0.2, 0.25) is 0 Å². The summed E-state index contributed by atoms with van der Waals surface area (Å²) in [5, 5.41) is 6.65. The van der Waals surface area contributed by atoms with Crippen molar-refractivity contribution in [3.63, 3.8) is 0 Å². The third kappa shape index (κ3) is 2.94. The Morgan fingerprint density at radius 2 is 1.62 bits per heavy atom. The second kappa shape index (κ2) is 6.04. The number of para-hydroxylation sites is 1. The predicted octanol–water partition coefficient (Wildman–Crippen LogP) is 4.34. The summed E-state index contributed by atoms with van der Waals surface area (Å²) in [6.45, 7) is 8.22. The molecule has 2 aliphatic heterocycles. The van der Waals surface area contributed by atoms with Gasteiger partial charge in [0, 0.05) is 24.5 Å². The molecule has 108 valence electrons. The van der Waals surface area contributed by atoms with E-state index in [2.05, 4.69) is 66.6 Å². The van der Waals surface area contributed by atoms with E-state index in [1.807, 2.05) is 0 Å². The molecular weight excluding hydrogens is 256 g/mol. The van der Waals surface area contributed by atoms with E-state index in [0.29, 0.717) is 0 Å². The summed E-state index contributed by atoms with van der Waals surface area (Å²) in [5.41, 5.74) is 7.98. The average Bonchev–Trinajstić information content (AvgIpc) is 3.16. The summed E-state index contributed by atoms with van der Waals surface area (Å²) >= 11 is 0. The number of benzene rings is 2. The lowest BCUT2D eigenvalue weighted by atomic mass is 10.0. The molecule has 0 spiro atoms. The van der Waals surface area contributed by atoms with Crippen LogP contribution in [0.3, 0.4) is 0 Å². The molecule has 0 radical (unpaired) electrons. The SMILES string of the molecule is C=C(C)c1cccc2c1CCN2.c1ccc2c(c1)CCN2. The number of nitrogens with one attached hydrogen (secondary N) is 2. The molecule has 2 N–H and O–H groups in total. The summed E-state index contributed by atoms with van der Waals surface area (Å²) in [4.78, 5) is 0. The molecule has 0 saturated heterocycles. The zero-order chi connectivity index (χ0) is 14.7. The van der Waals surface area contributed by atoms with Gasteiger partial charge in [-0.25, -0.2) is 0 Å². The molecule has 4 rings (SSSR count). The summed E-state index contributed by atoms with van der Waals surface area (Å²) in [6.07, 6.45) is 2.33. The van der Waals surface area contributed by atoms with Crippen LogP contribution in [0.25, 0.3) is 5.57 Å². The molecule has 0 fully saturated rings. The second-order valence-corrected chi connectivity index (χ2v) is 5.62. The van der Waals surface area contributed by atoms with Gasteiger partial charge in [-0.05, 0) is 48.6 Å². The standard InChI is InChI=1S/C11H13N.C8H9N/c1-8(2)9-4-3-5-11-10(9)6-7-12-11;1-2-4-8-7(3-1)5-6-9-8/h3-5,12H,1,6-7H2,2H3;1-4,9H,5-6H2. The Morgan fingerprint density at radius 3 is 2.43 bits per heavy atom. The molecule has 2 heteroatoms. The van der Waals surface area contributed by atoms with Gasteiger partial charge in [0.1, 0.15) is 0 Å². The first-order chi connectivity index (χ1) is 10.3. The third-order valence-electron chi connectivity index (χ3n) is 4.05. The van der Waals surface area contributed by atoms with E-state index in [1.54, 1.807) is 0 Å². The van der Waals surface area contributed by atoms with Crippen molar-refractivity contribution in [1.29, 1.82) is 0 Å². The van der Waals surface area contributed by atoms with Gasteiger partial charge in [0.15, 0.2) is 0 Å². The van der Waals surface area contributed by atoms with Gasteiger partial charge in [0.25, 0.3) is 0 Å². The number of fused-ring (bicyclic) bond motifs is 2. The summed E-state index contributed by atoms with van der Waals surface area (Å²) in [5.74, 6) is 0. The van der Waals surface area contributed by atoms with Gasteiger partial charge >= 0.3 is 0 Å². The van der Waals surface area contributed by atoms with Crippen LogP contribution in [0.4, 0.5) is 11.4 Å². The molecular formula is C19H22N2. The van der Waals surface area contributed by atoms with Crippen molar-refractivity contribution in [3.05, 3.63) is 65.7 Å². The topological polar surface area (TPSA) is 24.1 Å². The highest BCUT2D eigenvalue weighted by atomic mass is 14.9. The van der Waals surface area contributed by atoms with Crippen molar-refractivity contribution in [2.75, 3.05) is 23.7 Å². The number of hydrogen-bond donors (Lipinski definition) is 2. The van der Waals surface area contributed by atoms with Crippen LogP contribution >= 0.6 is 0 Å². The lowest BCUT2D eigenvalue weighted by Crippen LogP contribution is -1.90. The van der Waals surface area contributed by atoms with Gasteiger partial charge < -0.3 is 10.6 Å². The lowest BCUT2D eigenvalue weighted by Gasteiger charge is -2.06. The highest BCUT2D eigenvalue weighted by Gasteiger charge is 2.13. The molecule has 0 aliphatic carbocycles. The molecule has 2 aliphatic rings. The van der Waals surface area contributed by atoms with E-state index < -0.39 is 0 Å². The maximum Gasteiger partial charge on any atom is 0.0379 e. The first-order valence-electron chi connectivity index (χ1n) is 7.59. The van der Waals surface area contributed by atoms with E-state index in [1.165, 1.54) is 34.5 Å². The molecule has 0 amide bonds. The Bertz CT molecular complexity index is 635. The number of rotatable bonds is 1. The molecule has 2 heterocycles. The van der Waals surface area contributed by atoms with Crippen molar-refractivity contribution >= 4 is 16.9 Å². The number of allylic oxidation sites excluding steroid dienone is 1. The summed E-state index contributed by atoms with van der Waals surface area (Å²) in [7, 11) is 0. The monoisotopic (exact) mass is 278 g/mol. The van der Waals surface area contributed by atoms with Crippen LogP contribution in [0.5, 0.6) is 0 Å². The largest absolute Gasteiger partial charge is 0.384 e. The molecule has 2 nitrogen and oxygen atoms in total. The van der Waals surface area contributed by atoms with Crippen LogP contribution in [0, 0.1) is 0 Å². The average molecular weight is 278 g/mol. The van der Waals surface area contributed by atoms with Crippen LogP contribution in [0.1, 0.15) is 23.6 Å². The van der Waals surface area contributed by atoms with Gasteiger partial charge in [-0.15, -0.1) is 0 Å². The second-order valence-electron chi connectivity index (χ2n) is 5.62. The molecule has 0 aromatic heterocycles. The fourth-order valence-electron chi connectivity index (χ4n) is 2.99. The fraction of sp³-hybridized carbons (Fsp3) is 0.263. The van der Waals surface area contributed by atoms with Gasteiger partial charge in [-0.3, -0.25) is 0 Å². The minimum atomic E-state index is 1.07. The highest BCUT2D eigenvalue weighted by Crippen LogP contribution is 2.28. The fourth-order valence-corrected chi connectivity index (χ4v) is 2.99. The molecule has 0 bridgehead atoms. The van der Waals surface area contributed by atoms with E-state index in [-0.39, 0.29) is 0 Å². The zero-order valence-electron chi connectivity index (χ0n) is 12.6. The maximum atomic E-state index is 3.98. The minimum absolute atomic E-state index is 1.07. The Morgan fingerprint density at radius 1 is 0.905 bits per heavy atom. The molecule has 2 aromatic carbocycles. The van der Waals surface area contributed by atoms with Crippen molar-refractivity contribution in [3.8, 4) is 0 Å². The smallest absolute Gasteiger partial charge is 0.0379 e. The first kappa shape index (κ1) is 13.7. The van der Waals surface area contributed by atoms with Crippen LogP contribution in [-0.4, -0.2) is 13.1 Å². The van der Waals surface area contributed by atoms with Crippen LogP contribution < -0.4 is 10.6 Å². The lowest BCUT2D eigenvalue weighted by molar-refractivity contribution is 1.10. The minimum Gasteiger partial charge on any atom is -0.384 e. The molecule has 0 saturated carbocycles. The normalized spacial score (nSPS) is 14.1. The van der Waals surface area contributed by atoms with Gasteiger partial charge in [-0.2, -0.15) is 0 Å². The van der Waals surface area contributed by atoms with E-state index in [4.69, 9.17) is 0 Å². The Hall–Kier alpha value is -2.22. The van der Waals surface area contributed by atoms with Crippen LogP contribution in [0.15, 0.2) is 49.0 Å². The Labute approximate surface area is 126 Å². The van der Waals surface area contributed by atoms with Crippen molar-refractivity contribution in [2.45, 2.75) is 19.8 Å². The summed E-state index contributed by atoms with van der Waals surface area (Å²) in [6, 6.07) is 14.8. The van der Waals surface area contributed by atoms with Crippen LogP contribution in [-0.2, 0) is 12.8 Å². The quantitative estimate of drug-likeness (QED) is 0.810. The van der Waals surface area contributed by atoms with Gasteiger partial charge in [-0.1, -0.05) is 42.5 Å². The van der Waals surface area contributed by atoms with E-state index in [9.17, 15) is 0 Å². The number of anilines is 2.